The minimum atomic E-state index is -1.00. The Hall–Kier alpha value is -3.06. The molecule has 0 radical (unpaired) electrons. The average Bonchev–Trinajstić information content (AvgIpc) is 3.74. The first-order valence-electron chi connectivity index (χ1n) is 13.8. The van der Waals surface area contributed by atoms with Crippen molar-refractivity contribution in [1.82, 2.24) is 15.5 Å². The fourth-order valence-electron chi connectivity index (χ4n) is 5.22. The Morgan fingerprint density at radius 2 is 2.08 bits per heavy atom. The summed E-state index contributed by atoms with van der Waals surface area (Å²) in [6.45, 7) is 0.534. The van der Waals surface area contributed by atoms with Crippen LogP contribution in [0.25, 0.3) is 0 Å². The molecule has 3 atom stereocenters. The lowest BCUT2D eigenvalue weighted by Gasteiger charge is -2.31. The lowest BCUT2D eigenvalue weighted by molar-refractivity contribution is -0.139. The quantitative estimate of drug-likeness (QED) is 0.305. The van der Waals surface area contributed by atoms with Gasteiger partial charge in [-0.1, -0.05) is 18.1 Å². The Bertz CT molecular complexity index is 1250. The molecule has 1 unspecified atom stereocenters. The van der Waals surface area contributed by atoms with Crippen molar-refractivity contribution in [1.29, 1.82) is 0 Å². The molecule has 2 bridgehead atoms. The van der Waals surface area contributed by atoms with Crippen molar-refractivity contribution in [3.63, 3.8) is 0 Å². The van der Waals surface area contributed by atoms with Gasteiger partial charge in [0.1, 0.15) is 17.6 Å². The van der Waals surface area contributed by atoms with Crippen LogP contribution in [0.5, 0.6) is 5.75 Å². The van der Waals surface area contributed by atoms with Crippen molar-refractivity contribution in [2.75, 3.05) is 26.0 Å². The number of amides is 2. The van der Waals surface area contributed by atoms with Gasteiger partial charge in [0.05, 0.1) is 18.8 Å². The van der Waals surface area contributed by atoms with Crippen molar-refractivity contribution >= 4 is 24.4 Å². The van der Waals surface area contributed by atoms with Crippen LogP contribution < -0.4 is 15.4 Å². The second-order valence-electron chi connectivity index (χ2n) is 10.7. The highest BCUT2D eigenvalue weighted by molar-refractivity contribution is 7.80. The van der Waals surface area contributed by atoms with Crippen LogP contribution in [0.15, 0.2) is 42.5 Å². The number of aliphatic hydroxyl groups excluding tert-OH is 1. The van der Waals surface area contributed by atoms with Crippen molar-refractivity contribution in [2.45, 2.75) is 68.7 Å². The highest BCUT2D eigenvalue weighted by Gasteiger charge is 2.44. The first-order chi connectivity index (χ1) is 19.2. The molecule has 7 nitrogen and oxygen atoms in total. The number of hydrogen-bond acceptors (Lipinski definition) is 6. The van der Waals surface area contributed by atoms with E-state index >= 15 is 0 Å². The summed E-state index contributed by atoms with van der Waals surface area (Å²) in [6, 6.07) is 10.7. The Labute approximate surface area is 241 Å². The third-order valence-electron chi connectivity index (χ3n) is 7.78. The van der Waals surface area contributed by atoms with Gasteiger partial charge in [-0.2, -0.15) is 12.6 Å². The summed E-state index contributed by atoms with van der Waals surface area (Å²) in [5.74, 6) is 2.47. The number of nitrogens with one attached hydrogen (secondary N) is 2. The molecule has 4 rings (SSSR count). The van der Waals surface area contributed by atoms with Gasteiger partial charge in [-0.05, 0) is 79.7 Å². The van der Waals surface area contributed by atoms with Gasteiger partial charge < -0.3 is 25.4 Å². The number of hydrogen-bond donors (Lipinski definition) is 4. The van der Waals surface area contributed by atoms with E-state index in [1.807, 2.05) is 24.3 Å². The van der Waals surface area contributed by atoms with Crippen LogP contribution in [0, 0.1) is 18.2 Å². The maximum atomic E-state index is 14.5. The summed E-state index contributed by atoms with van der Waals surface area (Å²) >= 11 is 4.31. The lowest BCUT2D eigenvalue weighted by Crippen LogP contribution is -2.55. The van der Waals surface area contributed by atoms with Gasteiger partial charge in [0.25, 0.3) is 0 Å². The fraction of sp³-hybridized carbons (Fsp3) is 0.484. The Morgan fingerprint density at radius 3 is 2.80 bits per heavy atom. The van der Waals surface area contributed by atoms with Crippen LogP contribution in [-0.2, 0) is 21.5 Å². The first kappa shape index (κ1) is 29.9. The van der Waals surface area contributed by atoms with Crippen molar-refractivity contribution in [3.8, 4) is 18.1 Å². The number of carbonyl (C=O) groups excluding carboxylic acids is 2. The van der Waals surface area contributed by atoms with E-state index in [1.54, 1.807) is 13.1 Å². The molecule has 2 aromatic rings. The monoisotopic (exact) mass is 567 g/mol. The SMILES string of the molecule is C#Cc1cccc(C2(NC[C@@H](O)[C@@H]3Cc4cc(F)cc(c4)OCCCCC(=O)N(C)C(CCS)C(=O)N3)CC2)c1. The molecule has 1 fully saturated rings. The minimum absolute atomic E-state index is 0.146. The molecule has 2 aromatic carbocycles. The number of fused-ring (bicyclic) bond motifs is 2. The van der Waals surface area contributed by atoms with E-state index < -0.39 is 24.0 Å². The number of likely N-dealkylation sites (N-methyl/N-ethyl adjacent to an activating group) is 1. The maximum absolute atomic E-state index is 14.5. The van der Waals surface area contributed by atoms with Gasteiger partial charge in [0, 0.05) is 37.2 Å². The van der Waals surface area contributed by atoms with Crippen LogP contribution in [0.1, 0.15) is 55.2 Å². The van der Waals surface area contributed by atoms with Gasteiger partial charge >= 0.3 is 0 Å². The predicted molar refractivity (Wildman–Crippen MR) is 156 cm³/mol. The third-order valence-corrected chi connectivity index (χ3v) is 8.04. The number of benzene rings is 2. The van der Waals surface area contributed by atoms with Gasteiger partial charge in [-0.25, -0.2) is 4.39 Å². The lowest BCUT2D eigenvalue weighted by atomic mass is 9.98. The number of terminal acetylenes is 1. The standard InChI is InChI=1S/C31H38FN3O4S/c1-3-21-7-6-8-23(15-21)31(11-12-31)33-20-28(36)26-18-22-16-24(32)19-25(17-22)39-13-5-4-9-29(37)35(2)27(10-14-40)30(38)34-26/h1,6-8,15-17,19,26-28,33,36,40H,4-5,9-14,18,20H2,2H3,(H,34,38)/t26-,27?,28+/m0/s1. The van der Waals surface area contributed by atoms with Gasteiger partial charge in [-0.15, -0.1) is 6.42 Å². The molecular formula is C31H38FN3O4S. The molecule has 1 heterocycles. The molecule has 2 amide bonds. The van der Waals surface area contributed by atoms with E-state index in [9.17, 15) is 19.1 Å². The van der Waals surface area contributed by atoms with Gasteiger partial charge in [0.2, 0.25) is 11.8 Å². The van der Waals surface area contributed by atoms with E-state index in [0.717, 1.165) is 24.0 Å². The van der Waals surface area contributed by atoms with E-state index in [0.29, 0.717) is 42.9 Å². The Balaban J connectivity index is 1.57. The molecule has 0 spiro atoms. The molecule has 40 heavy (non-hydrogen) atoms. The van der Waals surface area contributed by atoms with Crippen LogP contribution in [-0.4, -0.2) is 66.0 Å². The molecular weight excluding hydrogens is 529 g/mol. The van der Waals surface area contributed by atoms with Gasteiger partial charge in [-0.3, -0.25) is 9.59 Å². The molecule has 2 aliphatic rings. The van der Waals surface area contributed by atoms with E-state index in [4.69, 9.17) is 11.2 Å². The summed E-state index contributed by atoms with van der Waals surface area (Å²) in [6.07, 6.45) is 8.38. The molecule has 0 saturated heterocycles. The average molecular weight is 568 g/mol. The van der Waals surface area contributed by atoms with Gasteiger partial charge in [0.15, 0.2) is 0 Å². The second-order valence-corrected chi connectivity index (χ2v) is 11.2. The van der Waals surface area contributed by atoms with Crippen LogP contribution in [0.2, 0.25) is 0 Å². The number of carbonyl (C=O) groups is 2. The topological polar surface area (TPSA) is 90.9 Å². The summed E-state index contributed by atoms with van der Waals surface area (Å²) in [5, 5.41) is 17.8. The molecule has 3 N–H and O–H groups in total. The first-order valence-corrected chi connectivity index (χ1v) is 14.5. The zero-order valence-corrected chi connectivity index (χ0v) is 23.8. The number of nitrogens with zero attached hydrogens (tertiary/aromatic N) is 1. The smallest absolute Gasteiger partial charge is 0.243 e. The molecule has 1 saturated carbocycles. The van der Waals surface area contributed by atoms with Crippen molar-refractivity contribution in [3.05, 3.63) is 65.0 Å². The molecule has 1 aliphatic heterocycles. The zero-order chi connectivity index (χ0) is 28.7. The number of aliphatic hydroxyl groups is 1. The molecule has 0 aromatic heterocycles. The van der Waals surface area contributed by atoms with Crippen molar-refractivity contribution < 1.29 is 23.8 Å². The third kappa shape index (κ3) is 7.57. The Morgan fingerprint density at radius 1 is 1.27 bits per heavy atom. The largest absolute Gasteiger partial charge is 0.493 e. The fourth-order valence-corrected chi connectivity index (χ4v) is 5.47. The molecule has 1 aliphatic carbocycles. The van der Waals surface area contributed by atoms with Crippen LogP contribution >= 0.6 is 12.6 Å². The summed E-state index contributed by atoms with van der Waals surface area (Å²) in [4.78, 5) is 27.8. The van der Waals surface area contributed by atoms with E-state index in [1.165, 1.54) is 17.0 Å². The maximum Gasteiger partial charge on any atom is 0.243 e. The van der Waals surface area contributed by atoms with E-state index in [2.05, 4.69) is 29.2 Å². The molecule has 9 heteroatoms. The number of rotatable bonds is 7. The number of thiol groups is 1. The number of halogens is 1. The van der Waals surface area contributed by atoms with Crippen LogP contribution in [0.4, 0.5) is 4.39 Å². The normalized spacial score (nSPS) is 22.2. The number of ether oxygens (including phenoxy) is 1. The second kappa shape index (κ2) is 13.5. The summed E-state index contributed by atoms with van der Waals surface area (Å²) in [7, 11) is 1.62. The summed E-state index contributed by atoms with van der Waals surface area (Å²) < 4.78 is 20.3. The highest BCUT2D eigenvalue weighted by Crippen LogP contribution is 2.45. The zero-order valence-electron chi connectivity index (χ0n) is 22.9. The molecule has 214 valence electrons. The van der Waals surface area contributed by atoms with Crippen LogP contribution in [0.3, 0.4) is 0 Å². The highest BCUT2D eigenvalue weighted by atomic mass is 32.1. The summed E-state index contributed by atoms with van der Waals surface area (Å²) in [5.41, 5.74) is 2.14. The van der Waals surface area contributed by atoms with E-state index in [-0.39, 0.29) is 36.7 Å². The predicted octanol–water partition coefficient (Wildman–Crippen LogP) is 3.18. The Kier molecular flexibility index (Phi) is 10.1. The minimum Gasteiger partial charge on any atom is -0.493 e. The van der Waals surface area contributed by atoms with Crippen molar-refractivity contribution in [2.24, 2.45) is 0 Å².